The van der Waals surface area contributed by atoms with Crippen molar-refractivity contribution in [3.63, 3.8) is 0 Å². The van der Waals surface area contributed by atoms with E-state index in [9.17, 15) is 18.9 Å². The standard InChI is InChI=1S/C20H21N3O4S/c1-11-9-14(12(2)21-16-8-6-5-7-13(16)19(25)26)17-15(10-11)18(24)23(3)20(22-17)28(4)27/h5-10,12,21H,1-4H3,(H,25,26)/t12-,28?/m1/s1. The SMILES string of the molecule is Cc1cc([C@@H](C)Nc2ccccc2C(=O)O)c2nc(S(C)=O)n(C)c(=O)c2c1. The maximum absolute atomic E-state index is 12.8. The number of fused-ring (bicyclic) bond motifs is 1. The van der Waals surface area contributed by atoms with E-state index in [1.807, 2.05) is 19.9 Å². The number of carboxylic acids is 1. The van der Waals surface area contributed by atoms with Crippen LogP contribution in [0.1, 0.15) is 34.5 Å². The van der Waals surface area contributed by atoms with Crippen molar-refractivity contribution in [1.29, 1.82) is 0 Å². The highest BCUT2D eigenvalue weighted by atomic mass is 32.2. The van der Waals surface area contributed by atoms with Crippen molar-refractivity contribution in [1.82, 2.24) is 9.55 Å². The number of rotatable bonds is 5. The van der Waals surface area contributed by atoms with Gasteiger partial charge in [-0.1, -0.05) is 18.2 Å². The van der Waals surface area contributed by atoms with Gasteiger partial charge in [0.25, 0.3) is 5.56 Å². The summed E-state index contributed by atoms with van der Waals surface area (Å²) in [5.74, 6) is -1.03. The summed E-state index contributed by atoms with van der Waals surface area (Å²) in [6, 6.07) is 9.96. The highest BCUT2D eigenvalue weighted by Crippen LogP contribution is 2.28. The zero-order chi connectivity index (χ0) is 20.6. The van der Waals surface area contributed by atoms with E-state index >= 15 is 0 Å². The van der Waals surface area contributed by atoms with Crippen molar-refractivity contribution in [2.75, 3.05) is 11.6 Å². The predicted octanol–water partition coefficient (Wildman–Crippen LogP) is 2.85. The first kappa shape index (κ1) is 19.8. The molecule has 0 aliphatic carbocycles. The zero-order valence-corrected chi connectivity index (χ0v) is 16.8. The maximum atomic E-state index is 12.8. The number of carbonyl (C=O) groups is 1. The molecule has 1 heterocycles. The van der Waals surface area contributed by atoms with Gasteiger partial charge in [0.15, 0.2) is 0 Å². The Hall–Kier alpha value is -3.00. The predicted molar refractivity (Wildman–Crippen MR) is 109 cm³/mol. The lowest BCUT2D eigenvalue weighted by molar-refractivity contribution is 0.0698. The second-order valence-corrected chi connectivity index (χ2v) is 7.95. The lowest BCUT2D eigenvalue weighted by atomic mass is 10.0. The van der Waals surface area contributed by atoms with Gasteiger partial charge in [-0.05, 0) is 37.6 Å². The van der Waals surface area contributed by atoms with Crippen LogP contribution in [0, 0.1) is 6.92 Å². The average molecular weight is 399 g/mol. The fourth-order valence-corrected chi connectivity index (χ4v) is 3.91. The average Bonchev–Trinajstić information content (AvgIpc) is 2.64. The van der Waals surface area contributed by atoms with Crippen LogP contribution in [-0.4, -0.2) is 31.1 Å². The molecule has 0 amide bonds. The molecule has 3 aromatic rings. The Morgan fingerprint density at radius 3 is 2.61 bits per heavy atom. The Labute approximate surface area is 164 Å². The van der Waals surface area contributed by atoms with E-state index in [2.05, 4.69) is 10.3 Å². The van der Waals surface area contributed by atoms with Crippen LogP contribution in [0.5, 0.6) is 0 Å². The Morgan fingerprint density at radius 2 is 1.96 bits per heavy atom. The van der Waals surface area contributed by atoms with E-state index in [-0.39, 0.29) is 22.3 Å². The Bertz CT molecular complexity index is 1170. The molecule has 2 atom stereocenters. The number of hydrogen-bond acceptors (Lipinski definition) is 5. The van der Waals surface area contributed by atoms with Crippen molar-refractivity contribution in [3.05, 3.63) is 63.4 Å². The van der Waals surface area contributed by atoms with Crippen molar-refractivity contribution < 1.29 is 14.1 Å². The molecule has 2 aromatic carbocycles. The third-order valence-corrected chi connectivity index (χ3v) is 5.45. The molecule has 7 nitrogen and oxygen atoms in total. The quantitative estimate of drug-likeness (QED) is 0.640. The summed E-state index contributed by atoms with van der Waals surface area (Å²) in [6.45, 7) is 3.75. The van der Waals surface area contributed by atoms with E-state index < -0.39 is 16.8 Å². The summed E-state index contributed by atoms with van der Waals surface area (Å²) in [6.07, 6.45) is 1.48. The number of nitrogens with one attached hydrogen (secondary N) is 1. The molecule has 0 aliphatic rings. The normalized spacial score (nSPS) is 13.3. The van der Waals surface area contributed by atoms with Gasteiger partial charge >= 0.3 is 5.97 Å². The molecule has 3 rings (SSSR count). The molecule has 0 spiro atoms. The Kier molecular flexibility index (Phi) is 5.33. The van der Waals surface area contributed by atoms with Crippen LogP contribution >= 0.6 is 0 Å². The van der Waals surface area contributed by atoms with Gasteiger partial charge in [0.05, 0.1) is 33.3 Å². The monoisotopic (exact) mass is 399 g/mol. The van der Waals surface area contributed by atoms with Crippen molar-refractivity contribution in [2.45, 2.75) is 25.0 Å². The van der Waals surface area contributed by atoms with Gasteiger partial charge in [0, 0.05) is 24.6 Å². The number of aromatic nitrogens is 2. The number of benzene rings is 2. The number of anilines is 1. The molecule has 0 saturated heterocycles. The third-order valence-electron chi connectivity index (χ3n) is 4.57. The molecule has 0 bridgehead atoms. The molecular weight excluding hydrogens is 378 g/mol. The third kappa shape index (κ3) is 3.55. The van der Waals surface area contributed by atoms with Crippen LogP contribution in [0.4, 0.5) is 5.69 Å². The molecular formula is C20H21N3O4S. The van der Waals surface area contributed by atoms with Gasteiger partial charge in [-0.3, -0.25) is 13.6 Å². The van der Waals surface area contributed by atoms with Gasteiger partial charge in [-0.2, -0.15) is 0 Å². The van der Waals surface area contributed by atoms with Crippen LogP contribution in [0.15, 0.2) is 46.3 Å². The van der Waals surface area contributed by atoms with Crippen molar-refractivity contribution in [2.24, 2.45) is 7.05 Å². The maximum Gasteiger partial charge on any atom is 0.337 e. The van der Waals surface area contributed by atoms with E-state index in [1.165, 1.54) is 16.9 Å². The lowest BCUT2D eigenvalue weighted by Gasteiger charge is -2.20. The summed E-state index contributed by atoms with van der Waals surface area (Å²) < 4.78 is 13.3. The van der Waals surface area contributed by atoms with Crippen LogP contribution in [0.3, 0.4) is 0 Å². The summed E-state index contributed by atoms with van der Waals surface area (Å²) in [5, 5.41) is 13.2. The van der Waals surface area contributed by atoms with E-state index in [0.717, 1.165) is 11.1 Å². The Morgan fingerprint density at radius 1 is 1.29 bits per heavy atom. The number of para-hydroxylation sites is 1. The number of aryl methyl sites for hydroxylation is 1. The fraction of sp³-hybridized carbons (Fsp3) is 0.250. The summed E-state index contributed by atoms with van der Waals surface area (Å²) in [7, 11) is 0.126. The minimum atomic E-state index is -1.43. The molecule has 28 heavy (non-hydrogen) atoms. The van der Waals surface area contributed by atoms with Crippen LogP contribution in [0.2, 0.25) is 0 Å². The number of carboxylic acid groups (broad SMARTS) is 1. The number of aromatic carboxylic acids is 1. The van der Waals surface area contributed by atoms with Crippen LogP contribution < -0.4 is 10.9 Å². The van der Waals surface area contributed by atoms with Crippen molar-refractivity contribution in [3.8, 4) is 0 Å². The minimum absolute atomic E-state index is 0.158. The van der Waals surface area contributed by atoms with Gasteiger partial charge in [-0.15, -0.1) is 0 Å². The summed E-state index contributed by atoms with van der Waals surface area (Å²) in [5.41, 5.74) is 2.45. The molecule has 146 valence electrons. The second-order valence-electron chi connectivity index (χ2n) is 6.68. The largest absolute Gasteiger partial charge is 0.478 e. The summed E-state index contributed by atoms with van der Waals surface area (Å²) in [4.78, 5) is 28.8. The van der Waals surface area contributed by atoms with E-state index in [0.29, 0.717) is 16.6 Å². The first-order chi connectivity index (χ1) is 13.2. The molecule has 1 aromatic heterocycles. The molecule has 1 unspecified atom stereocenters. The van der Waals surface area contributed by atoms with Gasteiger partial charge in [0.1, 0.15) is 0 Å². The first-order valence-corrected chi connectivity index (χ1v) is 10.2. The van der Waals surface area contributed by atoms with E-state index in [4.69, 9.17) is 0 Å². The van der Waals surface area contributed by atoms with Gasteiger partial charge in [-0.25, -0.2) is 9.78 Å². The molecule has 0 radical (unpaired) electrons. The van der Waals surface area contributed by atoms with Gasteiger partial charge in [0.2, 0.25) is 5.16 Å². The first-order valence-electron chi connectivity index (χ1n) is 8.64. The smallest absolute Gasteiger partial charge is 0.337 e. The molecule has 0 aliphatic heterocycles. The highest BCUT2D eigenvalue weighted by Gasteiger charge is 2.19. The number of hydrogen-bond donors (Lipinski definition) is 2. The van der Waals surface area contributed by atoms with Crippen LogP contribution in [-0.2, 0) is 17.8 Å². The topological polar surface area (TPSA) is 101 Å². The van der Waals surface area contributed by atoms with Crippen LogP contribution in [0.25, 0.3) is 10.9 Å². The zero-order valence-electron chi connectivity index (χ0n) is 16.0. The minimum Gasteiger partial charge on any atom is -0.478 e. The van der Waals surface area contributed by atoms with Gasteiger partial charge < -0.3 is 10.4 Å². The molecule has 2 N–H and O–H groups in total. The fourth-order valence-electron chi connectivity index (χ4n) is 3.23. The molecule has 0 fully saturated rings. The summed E-state index contributed by atoms with van der Waals surface area (Å²) >= 11 is 0. The molecule has 8 heteroatoms. The second kappa shape index (κ2) is 7.55. The van der Waals surface area contributed by atoms with Crippen molar-refractivity contribution >= 4 is 33.4 Å². The molecule has 0 saturated carbocycles. The van der Waals surface area contributed by atoms with E-state index in [1.54, 1.807) is 31.3 Å². The Balaban J connectivity index is 2.19. The lowest BCUT2D eigenvalue weighted by Crippen LogP contribution is -2.24. The number of nitrogens with zero attached hydrogens (tertiary/aromatic N) is 2. The highest BCUT2D eigenvalue weighted by molar-refractivity contribution is 7.84.